The highest BCUT2D eigenvalue weighted by atomic mass is 19.4. The van der Waals surface area contributed by atoms with Crippen molar-refractivity contribution in [3.05, 3.63) is 0 Å². The summed E-state index contributed by atoms with van der Waals surface area (Å²) in [6, 6.07) is 0. The van der Waals surface area contributed by atoms with Gasteiger partial charge in [0.05, 0.1) is 6.61 Å². The summed E-state index contributed by atoms with van der Waals surface area (Å²) >= 11 is 0. The number of alkyl halides is 3. The molecule has 0 atom stereocenters. The van der Waals surface area contributed by atoms with Crippen LogP contribution in [-0.2, 0) is 14.3 Å². The molecule has 1 rings (SSSR count). The van der Waals surface area contributed by atoms with Crippen LogP contribution in [0, 0.1) is 0 Å². The number of hydrogen-bond acceptors (Lipinski definition) is 3. The summed E-state index contributed by atoms with van der Waals surface area (Å²) in [5.41, 5.74) is -2.26. The second-order valence-electron chi connectivity index (χ2n) is 5.57. The van der Waals surface area contributed by atoms with Crippen molar-refractivity contribution in [3.63, 3.8) is 0 Å². The van der Waals surface area contributed by atoms with E-state index in [0.717, 1.165) is 0 Å². The van der Waals surface area contributed by atoms with Crippen LogP contribution in [0.1, 0.15) is 40.5 Å². The van der Waals surface area contributed by atoms with Gasteiger partial charge >= 0.3 is 6.36 Å². The summed E-state index contributed by atoms with van der Waals surface area (Å²) < 4.78 is 40.0. The molecule has 1 heterocycles. The van der Waals surface area contributed by atoms with Gasteiger partial charge in [0.2, 0.25) is 11.8 Å². The third-order valence-corrected chi connectivity index (χ3v) is 3.90. The Morgan fingerprint density at radius 1 is 1.19 bits per heavy atom. The average Bonchev–Trinajstić information content (AvgIpc) is 2.34. The Labute approximate surface area is 121 Å². The molecule has 0 saturated carbocycles. The lowest BCUT2D eigenvalue weighted by Gasteiger charge is -2.50. The quantitative estimate of drug-likeness (QED) is 0.842. The van der Waals surface area contributed by atoms with Crippen molar-refractivity contribution in [2.24, 2.45) is 0 Å². The number of ether oxygens (including phenoxy) is 1. The van der Waals surface area contributed by atoms with E-state index in [1.165, 1.54) is 18.7 Å². The van der Waals surface area contributed by atoms with Gasteiger partial charge in [-0.1, -0.05) is 13.8 Å². The van der Waals surface area contributed by atoms with Gasteiger partial charge in [0.15, 0.2) is 0 Å². The maximum Gasteiger partial charge on any atom is 0.522 e. The molecule has 0 aromatic heterocycles. The minimum Gasteiger partial charge on any atom is -0.340 e. The first kappa shape index (κ1) is 17.7. The average molecular weight is 310 g/mol. The molecule has 1 aliphatic heterocycles. The normalized spacial score (nSPS) is 21.4. The largest absolute Gasteiger partial charge is 0.522 e. The molecular formula is C13H21F3N2O3. The minimum atomic E-state index is -4.75. The third kappa shape index (κ3) is 3.48. The van der Waals surface area contributed by atoms with Gasteiger partial charge in [-0.05, 0) is 26.7 Å². The van der Waals surface area contributed by atoms with Gasteiger partial charge in [0.25, 0.3) is 0 Å². The van der Waals surface area contributed by atoms with Crippen LogP contribution < -0.4 is 5.32 Å². The zero-order valence-electron chi connectivity index (χ0n) is 12.6. The monoisotopic (exact) mass is 310 g/mol. The van der Waals surface area contributed by atoms with Crippen molar-refractivity contribution in [3.8, 4) is 0 Å². The number of nitrogens with one attached hydrogen (secondary N) is 1. The van der Waals surface area contributed by atoms with Crippen molar-refractivity contribution in [2.45, 2.75) is 58.0 Å². The molecule has 2 amide bonds. The SMILES string of the molecule is CCC1(CC)C(=O)NC(C)(C)C(=O)N1CCOC(F)(F)F. The third-order valence-electron chi connectivity index (χ3n) is 3.90. The lowest BCUT2D eigenvalue weighted by molar-refractivity contribution is -0.325. The Hall–Kier alpha value is -1.31. The van der Waals surface area contributed by atoms with Crippen LogP contribution in [0.15, 0.2) is 0 Å². The second-order valence-corrected chi connectivity index (χ2v) is 5.57. The Morgan fingerprint density at radius 3 is 2.14 bits per heavy atom. The van der Waals surface area contributed by atoms with Crippen LogP contribution in [-0.4, -0.2) is 47.3 Å². The highest BCUT2D eigenvalue weighted by Gasteiger charge is 2.53. The van der Waals surface area contributed by atoms with E-state index in [9.17, 15) is 22.8 Å². The number of rotatable bonds is 5. The van der Waals surface area contributed by atoms with Gasteiger partial charge in [0, 0.05) is 6.54 Å². The Bertz CT molecular complexity index is 417. The molecule has 8 heteroatoms. The van der Waals surface area contributed by atoms with Gasteiger partial charge in [-0.15, -0.1) is 13.2 Å². The summed E-state index contributed by atoms with van der Waals surface area (Å²) in [7, 11) is 0. The molecule has 21 heavy (non-hydrogen) atoms. The minimum absolute atomic E-state index is 0.281. The Morgan fingerprint density at radius 2 is 1.71 bits per heavy atom. The second kappa shape index (κ2) is 5.82. The maximum absolute atomic E-state index is 12.5. The van der Waals surface area contributed by atoms with Crippen LogP contribution in [0.2, 0.25) is 0 Å². The predicted octanol–water partition coefficient (Wildman–Crippen LogP) is 1.82. The topological polar surface area (TPSA) is 58.6 Å². The molecule has 0 unspecified atom stereocenters. The fourth-order valence-corrected chi connectivity index (χ4v) is 2.63. The van der Waals surface area contributed by atoms with Crippen molar-refractivity contribution >= 4 is 11.8 Å². The van der Waals surface area contributed by atoms with Crippen molar-refractivity contribution in [2.75, 3.05) is 13.2 Å². The maximum atomic E-state index is 12.5. The summed E-state index contributed by atoms with van der Waals surface area (Å²) in [6.07, 6.45) is -4.11. The van der Waals surface area contributed by atoms with Gasteiger partial charge in [-0.2, -0.15) is 0 Å². The number of carbonyl (C=O) groups is 2. The first-order valence-corrected chi connectivity index (χ1v) is 6.85. The number of halogens is 3. The van der Waals surface area contributed by atoms with Crippen molar-refractivity contribution in [1.29, 1.82) is 0 Å². The van der Waals surface area contributed by atoms with Crippen molar-refractivity contribution in [1.82, 2.24) is 10.2 Å². The molecule has 0 aromatic carbocycles. The standard InChI is InChI=1S/C13H21F3N2O3/c1-5-12(6-2)9(19)17-11(3,4)10(20)18(12)7-8-21-13(14,15)16/h5-8H2,1-4H3,(H,17,19). The van der Waals surface area contributed by atoms with E-state index in [1.54, 1.807) is 13.8 Å². The molecule has 0 aliphatic carbocycles. The lowest BCUT2D eigenvalue weighted by Crippen LogP contribution is -2.74. The smallest absolute Gasteiger partial charge is 0.340 e. The molecule has 1 N–H and O–H groups in total. The van der Waals surface area contributed by atoms with Crippen LogP contribution in [0.4, 0.5) is 13.2 Å². The highest BCUT2D eigenvalue weighted by molar-refractivity contribution is 6.01. The van der Waals surface area contributed by atoms with Gasteiger partial charge < -0.3 is 10.2 Å². The predicted molar refractivity (Wildman–Crippen MR) is 69.3 cm³/mol. The zero-order valence-corrected chi connectivity index (χ0v) is 12.6. The number of piperazine rings is 1. The Balaban J connectivity index is 3.00. The van der Waals surface area contributed by atoms with Crippen LogP contribution >= 0.6 is 0 Å². The number of amides is 2. The van der Waals surface area contributed by atoms with E-state index >= 15 is 0 Å². The van der Waals surface area contributed by atoms with Gasteiger partial charge in [0.1, 0.15) is 11.1 Å². The molecule has 5 nitrogen and oxygen atoms in total. The fraction of sp³-hybridized carbons (Fsp3) is 0.846. The number of carbonyl (C=O) groups excluding carboxylic acids is 2. The van der Waals surface area contributed by atoms with E-state index < -0.39 is 30.0 Å². The van der Waals surface area contributed by atoms with E-state index in [2.05, 4.69) is 10.1 Å². The van der Waals surface area contributed by atoms with E-state index in [0.29, 0.717) is 12.8 Å². The lowest BCUT2D eigenvalue weighted by atomic mass is 9.83. The van der Waals surface area contributed by atoms with Crippen LogP contribution in [0.5, 0.6) is 0 Å². The first-order valence-electron chi connectivity index (χ1n) is 6.85. The summed E-state index contributed by atoms with van der Waals surface area (Å²) in [6.45, 7) is 5.54. The molecule has 122 valence electrons. The Kier molecular flexibility index (Phi) is 4.92. The highest BCUT2D eigenvalue weighted by Crippen LogP contribution is 2.32. The molecule has 1 saturated heterocycles. The fourth-order valence-electron chi connectivity index (χ4n) is 2.63. The van der Waals surface area contributed by atoms with Crippen molar-refractivity contribution < 1.29 is 27.5 Å². The summed E-state index contributed by atoms with van der Waals surface area (Å²) in [5, 5.41) is 2.64. The van der Waals surface area contributed by atoms with E-state index in [4.69, 9.17) is 0 Å². The molecule has 1 fully saturated rings. The molecule has 0 bridgehead atoms. The molecule has 0 radical (unpaired) electrons. The summed E-state index contributed by atoms with van der Waals surface area (Å²) in [5.74, 6) is -0.749. The molecule has 0 aromatic rings. The molecule has 1 aliphatic rings. The van der Waals surface area contributed by atoms with E-state index in [1.807, 2.05) is 0 Å². The first-order chi connectivity index (χ1) is 9.50. The molecule has 0 spiro atoms. The number of nitrogens with zero attached hydrogens (tertiary/aromatic N) is 1. The molecular weight excluding hydrogens is 289 g/mol. The summed E-state index contributed by atoms with van der Waals surface area (Å²) in [4.78, 5) is 26.0. The van der Waals surface area contributed by atoms with E-state index in [-0.39, 0.29) is 12.5 Å². The zero-order chi connectivity index (χ0) is 16.5. The van der Waals surface area contributed by atoms with Gasteiger partial charge in [-0.3, -0.25) is 14.3 Å². The van der Waals surface area contributed by atoms with Crippen LogP contribution in [0.3, 0.4) is 0 Å². The number of hydrogen-bond donors (Lipinski definition) is 1. The van der Waals surface area contributed by atoms with Gasteiger partial charge in [-0.25, -0.2) is 0 Å². The van der Waals surface area contributed by atoms with Crippen LogP contribution in [0.25, 0.3) is 0 Å².